The van der Waals surface area contributed by atoms with Gasteiger partial charge in [0, 0.05) is 22.6 Å². The molecule has 0 aliphatic carbocycles. The van der Waals surface area contributed by atoms with E-state index in [0.717, 1.165) is 20.3 Å². The fourth-order valence-electron chi connectivity index (χ4n) is 1.80. The molecule has 1 rings (SSSR count). The second kappa shape index (κ2) is 8.25. The van der Waals surface area contributed by atoms with Crippen LogP contribution in [0.2, 0.25) is 0 Å². The first-order chi connectivity index (χ1) is 8.99. The fraction of sp³-hybridized carbons (Fsp3) is 0.571. The third-order valence-electron chi connectivity index (χ3n) is 2.93. The summed E-state index contributed by atoms with van der Waals surface area (Å²) in [4.78, 5) is 0. The fourth-order valence-corrected chi connectivity index (χ4v) is 3.23. The summed E-state index contributed by atoms with van der Waals surface area (Å²) in [6.45, 7) is 7.58. The lowest BCUT2D eigenvalue weighted by Gasteiger charge is -2.21. The number of ether oxygens (including phenoxy) is 1. The zero-order valence-corrected chi connectivity index (χ0v) is 14.7. The zero-order chi connectivity index (χ0) is 14.4. The molecular formula is C14H21Br2NO2. The Balaban J connectivity index is 2.86. The van der Waals surface area contributed by atoms with Crippen LogP contribution in [0.4, 0.5) is 0 Å². The van der Waals surface area contributed by atoms with Crippen LogP contribution in [0.15, 0.2) is 21.1 Å². The Kier molecular flexibility index (Phi) is 7.36. The molecule has 0 aromatic heterocycles. The normalized spacial score (nSPS) is 12.8. The molecule has 0 amide bonds. The summed E-state index contributed by atoms with van der Waals surface area (Å²) >= 11 is 7.01. The number of hydrogen-bond donors (Lipinski definition) is 2. The molecule has 0 radical (unpaired) electrons. The molecule has 1 aromatic rings. The molecule has 2 N–H and O–H groups in total. The van der Waals surface area contributed by atoms with E-state index < -0.39 is 0 Å². The van der Waals surface area contributed by atoms with Crippen LogP contribution in [-0.2, 0) is 6.54 Å². The highest BCUT2D eigenvalue weighted by molar-refractivity contribution is 9.11. The van der Waals surface area contributed by atoms with Crippen molar-refractivity contribution in [3.8, 4) is 5.75 Å². The van der Waals surface area contributed by atoms with Crippen molar-refractivity contribution in [3.05, 3.63) is 26.6 Å². The van der Waals surface area contributed by atoms with Gasteiger partial charge in [0.05, 0.1) is 17.7 Å². The topological polar surface area (TPSA) is 41.5 Å². The van der Waals surface area contributed by atoms with E-state index in [1.165, 1.54) is 0 Å². The lowest BCUT2D eigenvalue weighted by molar-refractivity contribution is 0.209. The smallest absolute Gasteiger partial charge is 0.138 e. The number of halogens is 2. The molecule has 0 spiro atoms. The number of rotatable bonds is 7. The minimum Gasteiger partial charge on any atom is -0.492 e. The van der Waals surface area contributed by atoms with Gasteiger partial charge in [0.2, 0.25) is 0 Å². The van der Waals surface area contributed by atoms with Gasteiger partial charge in [-0.15, -0.1) is 0 Å². The van der Waals surface area contributed by atoms with E-state index in [1.54, 1.807) is 0 Å². The van der Waals surface area contributed by atoms with Crippen molar-refractivity contribution in [2.45, 2.75) is 33.4 Å². The third kappa shape index (κ3) is 5.06. The van der Waals surface area contributed by atoms with E-state index in [9.17, 15) is 5.11 Å². The van der Waals surface area contributed by atoms with E-state index in [1.807, 2.05) is 19.1 Å². The van der Waals surface area contributed by atoms with E-state index >= 15 is 0 Å². The van der Waals surface area contributed by atoms with Crippen molar-refractivity contribution in [3.63, 3.8) is 0 Å². The van der Waals surface area contributed by atoms with Crippen LogP contribution in [0.5, 0.6) is 5.75 Å². The van der Waals surface area contributed by atoms with E-state index in [0.29, 0.717) is 19.1 Å². The maximum atomic E-state index is 9.34. The van der Waals surface area contributed by atoms with Crippen molar-refractivity contribution in [1.29, 1.82) is 0 Å². The Hall–Kier alpha value is -0.100. The van der Waals surface area contributed by atoms with Crippen LogP contribution in [0.25, 0.3) is 0 Å². The summed E-state index contributed by atoms with van der Waals surface area (Å²) in [6.07, 6.45) is 0. The Morgan fingerprint density at radius 1 is 1.32 bits per heavy atom. The molecule has 0 fully saturated rings. The van der Waals surface area contributed by atoms with Crippen molar-refractivity contribution in [1.82, 2.24) is 5.32 Å². The van der Waals surface area contributed by atoms with Crippen molar-refractivity contribution in [2.75, 3.05) is 13.2 Å². The predicted octanol–water partition coefficient (Wildman–Crippen LogP) is 3.72. The van der Waals surface area contributed by atoms with Gasteiger partial charge >= 0.3 is 0 Å². The Morgan fingerprint density at radius 3 is 2.53 bits per heavy atom. The SMILES string of the molecule is CCOc1c(Br)cc(Br)cc1CNC(CO)C(C)C. The van der Waals surface area contributed by atoms with Gasteiger partial charge in [-0.1, -0.05) is 29.8 Å². The van der Waals surface area contributed by atoms with Crippen LogP contribution in [-0.4, -0.2) is 24.4 Å². The van der Waals surface area contributed by atoms with Gasteiger partial charge in [-0.3, -0.25) is 0 Å². The molecule has 0 aliphatic rings. The van der Waals surface area contributed by atoms with Gasteiger partial charge in [0.15, 0.2) is 0 Å². The van der Waals surface area contributed by atoms with E-state index in [-0.39, 0.29) is 12.6 Å². The molecule has 1 atom stereocenters. The summed E-state index contributed by atoms with van der Waals surface area (Å²) in [6, 6.07) is 4.10. The maximum absolute atomic E-state index is 9.34. The van der Waals surface area contributed by atoms with Gasteiger partial charge in [0.25, 0.3) is 0 Å². The lowest BCUT2D eigenvalue weighted by Crippen LogP contribution is -2.36. The summed E-state index contributed by atoms with van der Waals surface area (Å²) in [7, 11) is 0. The molecule has 1 aromatic carbocycles. The first kappa shape index (κ1) is 17.0. The van der Waals surface area contributed by atoms with E-state index in [4.69, 9.17) is 4.74 Å². The number of benzene rings is 1. The van der Waals surface area contributed by atoms with Crippen LogP contribution >= 0.6 is 31.9 Å². The maximum Gasteiger partial charge on any atom is 0.138 e. The minimum absolute atomic E-state index is 0.0900. The second-order valence-electron chi connectivity index (χ2n) is 4.72. The molecule has 5 heteroatoms. The lowest BCUT2D eigenvalue weighted by atomic mass is 10.0. The van der Waals surface area contributed by atoms with Gasteiger partial charge in [-0.25, -0.2) is 0 Å². The van der Waals surface area contributed by atoms with Gasteiger partial charge in [0.1, 0.15) is 5.75 Å². The molecule has 3 nitrogen and oxygen atoms in total. The highest BCUT2D eigenvalue weighted by atomic mass is 79.9. The van der Waals surface area contributed by atoms with Crippen LogP contribution in [0.1, 0.15) is 26.3 Å². The van der Waals surface area contributed by atoms with Crippen molar-refractivity contribution in [2.24, 2.45) is 5.92 Å². The van der Waals surface area contributed by atoms with E-state index in [2.05, 4.69) is 51.0 Å². The van der Waals surface area contributed by atoms with Crippen molar-refractivity contribution >= 4 is 31.9 Å². The standard InChI is InChI=1S/C14H21Br2NO2/c1-4-19-14-10(5-11(15)6-12(14)16)7-17-13(8-18)9(2)3/h5-6,9,13,17-18H,4,7-8H2,1-3H3. The largest absolute Gasteiger partial charge is 0.492 e. The first-order valence-corrected chi connectivity index (χ1v) is 8.03. The first-order valence-electron chi connectivity index (χ1n) is 6.44. The monoisotopic (exact) mass is 393 g/mol. The quantitative estimate of drug-likeness (QED) is 0.740. The third-order valence-corrected chi connectivity index (χ3v) is 3.98. The van der Waals surface area contributed by atoms with Crippen molar-refractivity contribution < 1.29 is 9.84 Å². The summed E-state index contributed by atoms with van der Waals surface area (Å²) in [5.74, 6) is 1.25. The number of aliphatic hydroxyl groups is 1. The molecule has 0 saturated carbocycles. The van der Waals surface area contributed by atoms with Gasteiger partial charge in [-0.2, -0.15) is 0 Å². The minimum atomic E-state index is 0.0900. The Morgan fingerprint density at radius 2 is 2.00 bits per heavy atom. The van der Waals surface area contributed by atoms with Crippen LogP contribution in [0.3, 0.4) is 0 Å². The summed E-state index contributed by atoms with van der Waals surface area (Å²) < 4.78 is 7.62. The number of nitrogens with one attached hydrogen (secondary N) is 1. The molecule has 0 heterocycles. The molecule has 1 unspecified atom stereocenters. The second-order valence-corrected chi connectivity index (χ2v) is 6.49. The molecule has 108 valence electrons. The highest BCUT2D eigenvalue weighted by Gasteiger charge is 2.14. The van der Waals surface area contributed by atoms with Crippen LogP contribution < -0.4 is 10.1 Å². The highest BCUT2D eigenvalue weighted by Crippen LogP contribution is 2.33. The number of hydrogen-bond acceptors (Lipinski definition) is 3. The summed E-state index contributed by atoms with van der Waals surface area (Å²) in [5.41, 5.74) is 1.07. The molecule has 19 heavy (non-hydrogen) atoms. The molecule has 0 saturated heterocycles. The number of aliphatic hydroxyl groups excluding tert-OH is 1. The Bertz CT molecular complexity index is 411. The summed E-state index contributed by atoms with van der Waals surface area (Å²) in [5, 5.41) is 12.7. The van der Waals surface area contributed by atoms with Gasteiger partial charge in [-0.05, 0) is 40.9 Å². The molecule has 0 aliphatic heterocycles. The predicted molar refractivity (Wildman–Crippen MR) is 85.6 cm³/mol. The molecule has 0 bridgehead atoms. The average Bonchev–Trinajstić information content (AvgIpc) is 2.33. The molecular weight excluding hydrogens is 374 g/mol. The van der Waals surface area contributed by atoms with Gasteiger partial charge < -0.3 is 15.2 Å². The average molecular weight is 395 g/mol. The van der Waals surface area contributed by atoms with Crippen LogP contribution in [0, 0.1) is 5.92 Å². The Labute approximate surface area is 132 Å². The zero-order valence-electron chi connectivity index (χ0n) is 11.5.